The van der Waals surface area contributed by atoms with E-state index in [0.717, 1.165) is 0 Å². The normalized spacial score (nSPS) is 32.1. The van der Waals surface area contributed by atoms with Gasteiger partial charge in [-0.1, -0.05) is 0 Å². The summed E-state index contributed by atoms with van der Waals surface area (Å²) in [6.07, 6.45) is 0.486. The summed E-state index contributed by atoms with van der Waals surface area (Å²) in [6.45, 7) is 0. The van der Waals surface area contributed by atoms with Crippen molar-refractivity contribution in [3.05, 3.63) is 0 Å². The van der Waals surface area contributed by atoms with E-state index in [2.05, 4.69) is 0 Å². The van der Waals surface area contributed by atoms with E-state index < -0.39 is 5.97 Å². The Kier molecular flexibility index (Phi) is 1.68. The Morgan fingerprint density at radius 3 is 2.67 bits per heavy atom. The highest BCUT2D eigenvalue weighted by molar-refractivity contribution is 5.66. The third kappa shape index (κ3) is 1.99. The number of carboxylic acids is 1. The molecule has 52 valence electrons. The Balaban J connectivity index is 2.00. The third-order valence-corrected chi connectivity index (χ3v) is 1.26. The minimum atomic E-state index is -0.794. The molecule has 0 aromatic heterocycles. The van der Waals surface area contributed by atoms with Crippen LogP contribution in [-0.4, -0.2) is 23.4 Å². The zero-order valence-corrected chi connectivity index (χ0v) is 4.91. The molecular weight excluding hydrogens is 122 g/mol. The molecule has 0 amide bonds. The van der Waals surface area contributed by atoms with Gasteiger partial charge in [-0.25, -0.2) is 0 Å². The molecule has 4 nitrogen and oxygen atoms in total. The molecule has 1 aliphatic heterocycles. The third-order valence-electron chi connectivity index (χ3n) is 1.26. The molecule has 1 aliphatic rings. The molecule has 2 unspecified atom stereocenters. The highest BCUT2D eigenvalue weighted by atomic mass is 16.6. The van der Waals surface area contributed by atoms with Gasteiger partial charge in [0.1, 0.15) is 6.23 Å². The summed E-state index contributed by atoms with van der Waals surface area (Å²) < 4.78 is 4.78. The van der Waals surface area contributed by atoms with E-state index in [0.29, 0.717) is 6.42 Å². The van der Waals surface area contributed by atoms with E-state index in [1.807, 2.05) is 0 Å². The van der Waals surface area contributed by atoms with Crippen molar-refractivity contribution in [3.8, 4) is 0 Å². The monoisotopic (exact) mass is 131 g/mol. The van der Waals surface area contributed by atoms with Crippen molar-refractivity contribution >= 4 is 5.97 Å². The Hall–Kier alpha value is -0.610. The number of ether oxygens (including phenoxy) is 1. The van der Waals surface area contributed by atoms with Crippen LogP contribution in [0.25, 0.3) is 0 Å². The van der Waals surface area contributed by atoms with Crippen molar-refractivity contribution in [2.24, 2.45) is 5.73 Å². The Labute approximate surface area is 52.6 Å². The summed E-state index contributed by atoms with van der Waals surface area (Å²) in [5.41, 5.74) is 5.24. The number of epoxide rings is 1. The van der Waals surface area contributed by atoms with E-state index in [-0.39, 0.29) is 18.8 Å². The second-order valence-electron chi connectivity index (χ2n) is 2.07. The van der Waals surface area contributed by atoms with E-state index in [1.165, 1.54) is 0 Å². The fourth-order valence-electron chi connectivity index (χ4n) is 0.655. The summed E-state index contributed by atoms with van der Waals surface area (Å²) in [6, 6.07) is 0. The van der Waals surface area contributed by atoms with Crippen molar-refractivity contribution in [3.63, 3.8) is 0 Å². The highest BCUT2D eigenvalue weighted by Crippen LogP contribution is 2.20. The molecule has 1 saturated heterocycles. The van der Waals surface area contributed by atoms with Gasteiger partial charge in [0.2, 0.25) is 0 Å². The summed E-state index contributed by atoms with van der Waals surface area (Å²) in [7, 11) is 0. The van der Waals surface area contributed by atoms with Crippen molar-refractivity contribution in [2.45, 2.75) is 25.2 Å². The maximum atomic E-state index is 9.94. The molecule has 1 fully saturated rings. The van der Waals surface area contributed by atoms with Gasteiger partial charge in [-0.2, -0.15) is 0 Å². The van der Waals surface area contributed by atoms with Gasteiger partial charge in [0.15, 0.2) is 0 Å². The lowest BCUT2D eigenvalue weighted by Crippen LogP contribution is -2.06. The van der Waals surface area contributed by atoms with Crippen LogP contribution in [-0.2, 0) is 9.53 Å². The van der Waals surface area contributed by atoms with Gasteiger partial charge < -0.3 is 15.6 Å². The highest BCUT2D eigenvalue weighted by Gasteiger charge is 2.34. The smallest absolute Gasteiger partial charge is 0.303 e. The average Bonchev–Trinajstić information content (AvgIpc) is 2.42. The molecule has 0 aromatic rings. The molecular formula is C5H9NO3. The van der Waals surface area contributed by atoms with Crippen molar-refractivity contribution in [2.75, 3.05) is 0 Å². The number of hydrogen-bond acceptors (Lipinski definition) is 3. The van der Waals surface area contributed by atoms with Crippen LogP contribution in [0.3, 0.4) is 0 Å². The van der Waals surface area contributed by atoms with Crippen LogP contribution in [0, 0.1) is 0 Å². The minimum absolute atomic E-state index is 0.00102. The lowest BCUT2D eigenvalue weighted by atomic mass is 10.2. The van der Waals surface area contributed by atoms with E-state index in [4.69, 9.17) is 15.6 Å². The van der Waals surface area contributed by atoms with Gasteiger partial charge in [0.25, 0.3) is 0 Å². The van der Waals surface area contributed by atoms with Crippen LogP contribution in [0.5, 0.6) is 0 Å². The molecule has 4 heteroatoms. The Morgan fingerprint density at radius 2 is 2.33 bits per heavy atom. The lowest BCUT2D eigenvalue weighted by Gasteiger charge is -1.86. The van der Waals surface area contributed by atoms with Crippen LogP contribution in [0.4, 0.5) is 0 Å². The fourth-order valence-corrected chi connectivity index (χ4v) is 0.655. The first kappa shape index (κ1) is 6.51. The lowest BCUT2D eigenvalue weighted by molar-refractivity contribution is -0.137. The maximum Gasteiger partial charge on any atom is 0.303 e. The minimum Gasteiger partial charge on any atom is -0.481 e. The van der Waals surface area contributed by atoms with Gasteiger partial charge >= 0.3 is 5.97 Å². The van der Waals surface area contributed by atoms with Crippen LogP contribution < -0.4 is 5.73 Å². The van der Waals surface area contributed by atoms with Gasteiger partial charge in [0, 0.05) is 6.42 Å². The van der Waals surface area contributed by atoms with Gasteiger partial charge in [-0.15, -0.1) is 0 Å². The van der Waals surface area contributed by atoms with Crippen molar-refractivity contribution in [1.29, 1.82) is 0 Å². The fraction of sp³-hybridized carbons (Fsp3) is 0.800. The molecule has 9 heavy (non-hydrogen) atoms. The van der Waals surface area contributed by atoms with Crippen molar-refractivity contribution in [1.82, 2.24) is 0 Å². The Morgan fingerprint density at radius 1 is 1.78 bits per heavy atom. The van der Waals surface area contributed by atoms with Crippen LogP contribution in [0.1, 0.15) is 12.8 Å². The molecule has 1 heterocycles. The van der Waals surface area contributed by atoms with Gasteiger partial charge in [-0.05, 0) is 6.42 Å². The summed E-state index contributed by atoms with van der Waals surface area (Å²) >= 11 is 0. The number of carboxylic acid groups (broad SMARTS) is 1. The second-order valence-corrected chi connectivity index (χ2v) is 2.07. The van der Waals surface area contributed by atoms with E-state index in [9.17, 15) is 4.79 Å². The van der Waals surface area contributed by atoms with E-state index in [1.54, 1.807) is 0 Å². The molecule has 0 bridgehead atoms. The average molecular weight is 131 g/mol. The van der Waals surface area contributed by atoms with Crippen LogP contribution >= 0.6 is 0 Å². The zero-order chi connectivity index (χ0) is 6.85. The summed E-state index contributed by atoms with van der Waals surface area (Å²) in [4.78, 5) is 9.94. The molecule has 0 spiro atoms. The molecule has 0 aliphatic carbocycles. The number of nitrogens with two attached hydrogens (primary N) is 1. The van der Waals surface area contributed by atoms with Crippen LogP contribution in [0.15, 0.2) is 0 Å². The van der Waals surface area contributed by atoms with Crippen molar-refractivity contribution < 1.29 is 14.6 Å². The first-order valence-corrected chi connectivity index (χ1v) is 2.83. The van der Waals surface area contributed by atoms with Gasteiger partial charge in [0.05, 0.1) is 6.10 Å². The Bertz CT molecular complexity index is 125. The molecule has 0 radical (unpaired) electrons. The maximum absolute atomic E-state index is 9.94. The molecule has 0 aromatic carbocycles. The van der Waals surface area contributed by atoms with E-state index >= 15 is 0 Å². The molecule has 1 rings (SSSR count). The number of aliphatic carboxylic acids is 1. The zero-order valence-electron chi connectivity index (χ0n) is 4.91. The first-order valence-electron chi connectivity index (χ1n) is 2.83. The predicted octanol–water partition coefficient (Wildman–Crippen LogP) is -0.465. The molecule has 0 saturated carbocycles. The summed E-state index contributed by atoms with van der Waals surface area (Å²) in [5.74, 6) is -0.794. The number of carbonyl (C=O) groups is 1. The second kappa shape index (κ2) is 2.33. The molecule has 2 atom stereocenters. The number of hydrogen-bond donors (Lipinski definition) is 2. The first-order chi connectivity index (χ1) is 4.20. The standard InChI is InChI=1S/C5H9NO3/c6-5-3(9-5)1-2-4(7)8/h3,5H,1-2,6H2,(H,7,8). The number of rotatable bonds is 3. The predicted molar refractivity (Wildman–Crippen MR) is 29.7 cm³/mol. The topological polar surface area (TPSA) is 75.8 Å². The largest absolute Gasteiger partial charge is 0.481 e. The summed E-state index contributed by atoms with van der Waals surface area (Å²) in [5, 5.41) is 8.18. The SMILES string of the molecule is NC1OC1CCC(=O)O. The molecule has 3 N–H and O–H groups in total. The van der Waals surface area contributed by atoms with Crippen LogP contribution in [0.2, 0.25) is 0 Å². The quantitative estimate of drug-likeness (QED) is 0.508. The van der Waals surface area contributed by atoms with Gasteiger partial charge in [-0.3, -0.25) is 4.79 Å².